The van der Waals surface area contributed by atoms with Gasteiger partial charge >= 0.3 is 17.9 Å². The van der Waals surface area contributed by atoms with Gasteiger partial charge in [-0.3, -0.25) is 14.4 Å². The summed E-state index contributed by atoms with van der Waals surface area (Å²) in [7, 11) is 0. The Bertz CT molecular complexity index is 2050. The molecule has 0 aliphatic rings. The molecule has 0 aliphatic carbocycles. The molecule has 11 nitrogen and oxygen atoms in total. The molecular weight excluding hydrogens is 695 g/mol. The normalized spacial score (nSPS) is 11.9. The molecule has 5 N–H and O–H groups in total. The third kappa shape index (κ3) is 11.0. The minimum absolute atomic E-state index is 0.0160. The van der Waals surface area contributed by atoms with Gasteiger partial charge in [-0.15, -0.1) is 0 Å². The minimum atomic E-state index is -1.18. The van der Waals surface area contributed by atoms with E-state index in [0.717, 1.165) is 11.3 Å². The summed E-state index contributed by atoms with van der Waals surface area (Å²) >= 11 is 0. The van der Waals surface area contributed by atoms with E-state index in [9.17, 15) is 33.8 Å². The van der Waals surface area contributed by atoms with Gasteiger partial charge in [0.1, 0.15) is 17.1 Å². The molecule has 2 atom stereocenters. The van der Waals surface area contributed by atoms with Crippen LogP contribution in [0.3, 0.4) is 0 Å². The maximum Gasteiger partial charge on any atom is 0.339 e. The van der Waals surface area contributed by atoms with Gasteiger partial charge in [0.25, 0.3) is 5.91 Å². The molecule has 0 bridgehead atoms. The number of hydrogen-bond acceptors (Lipinski definition) is 7. The molecule has 282 valence electrons. The number of amides is 1. The number of nitrogens with one attached hydrogen (secondary N) is 1. The fraction of sp³-hybridized carbons (Fsp3) is 0.238. The highest BCUT2D eigenvalue weighted by Crippen LogP contribution is 2.42. The highest BCUT2D eigenvalue weighted by atomic mass is 19.1. The Hall–Kier alpha value is -6.11. The van der Waals surface area contributed by atoms with E-state index in [1.807, 2.05) is 79.1 Å². The number of carbonyl (C=O) groups excluding carboxylic acids is 2. The second-order valence-corrected chi connectivity index (χ2v) is 12.8. The highest BCUT2D eigenvalue weighted by molar-refractivity contribution is 6.12. The average molecular weight is 739 g/mol. The maximum absolute atomic E-state index is 14.0. The number of nitrogens with zero attached hydrogens (tertiary/aromatic N) is 1. The van der Waals surface area contributed by atoms with E-state index in [1.165, 1.54) is 31.2 Å². The molecule has 2 unspecified atom stereocenters. The van der Waals surface area contributed by atoms with E-state index in [2.05, 4.69) is 10.1 Å². The standard InChI is InChI=1S/C33H35FN2O5.C9H8O4/c1-21(2)31-30(33(41)35-25-11-7-4-8-12-25)29(22-9-5-3-6-10-22)32(23-13-15-24(34)16-14-23)36(31)18-17-26(37)19-27(38)20-28(39)40;1-6(10)13-8-5-3-2-4-7(8)9(11)12/h3-16,21,26-27,37-38H,17-20H2,1-2H3,(H,35,41)(H,39,40);2-5H,1H3,(H,11,12). The van der Waals surface area contributed by atoms with Crippen LogP contribution in [0.2, 0.25) is 0 Å². The van der Waals surface area contributed by atoms with Crippen LogP contribution < -0.4 is 10.1 Å². The number of benzene rings is 4. The van der Waals surface area contributed by atoms with Crippen LogP contribution in [0, 0.1) is 5.82 Å². The Morgan fingerprint density at radius 1 is 0.778 bits per heavy atom. The number of esters is 1. The number of aromatic nitrogens is 1. The van der Waals surface area contributed by atoms with E-state index in [4.69, 9.17) is 10.2 Å². The summed E-state index contributed by atoms with van der Waals surface area (Å²) in [5, 5.41) is 41.5. The van der Waals surface area contributed by atoms with Crippen molar-refractivity contribution in [3.05, 3.63) is 132 Å². The van der Waals surface area contributed by atoms with Crippen molar-refractivity contribution in [3.8, 4) is 28.1 Å². The number of carboxylic acid groups (broad SMARTS) is 2. The van der Waals surface area contributed by atoms with Crippen LogP contribution in [-0.2, 0) is 16.1 Å². The van der Waals surface area contributed by atoms with Gasteiger partial charge in [0.05, 0.1) is 29.9 Å². The molecule has 4 aromatic carbocycles. The van der Waals surface area contributed by atoms with Crippen LogP contribution in [-0.4, -0.2) is 61.0 Å². The van der Waals surface area contributed by atoms with E-state index >= 15 is 0 Å². The smallest absolute Gasteiger partial charge is 0.339 e. The third-order valence-electron chi connectivity index (χ3n) is 8.30. The van der Waals surface area contributed by atoms with Crippen LogP contribution >= 0.6 is 0 Å². The molecule has 54 heavy (non-hydrogen) atoms. The fourth-order valence-corrected chi connectivity index (χ4v) is 6.09. The lowest BCUT2D eigenvalue weighted by Crippen LogP contribution is -2.22. The van der Waals surface area contributed by atoms with Crippen molar-refractivity contribution < 1.29 is 48.7 Å². The zero-order valence-corrected chi connectivity index (χ0v) is 30.1. The number of halogens is 1. The van der Waals surface area contributed by atoms with E-state index in [-0.39, 0.29) is 48.3 Å². The Kier molecular flexibility index (Phi) is 14.4. The number of carboxylic acids is 2. The van der Waals surface area contributed by atoms with Gasteiger partial charge < -0.3 is 35.0 Å². The van der Waals surface area contributed by atoms with Gasteiger partial charge in [-0.25, -0.2) is 9.18 Å². The number of rotatable bonds is 14. The van der Waals surface area contributed by atoms with Gasteiger partial charge in [0.15, 0.2) is 0 Å². The van der Waals surface area contributed by atoms with Crippen molar-refractivity contribution in [2.75, 3.05) is 5.32 Å². The van der Waals surface area contributed by atoms with Crippen molar-refractivity contribution in [2.24, 2.45) is 0 Å². The van der Waals surface area contributed by atoms with E-state index in [1.54, 1.807) is 24.3 Å². The third-order valence-corrected chi connectivity index (χ3v) is 8.30. The molecule has 0 spiro atoms. The predicted molar refractivity (Wildman–Crippen MR) is 202 cm³/mol. The topological polar surface area (TPSA) is 175 Å². The SMILES string of the molecule is CC(=O)Oc1ccccc1C(=O)O.CC(C)c1c(C(=O)Nc2ccccc2)c(-c2ccccc2)c(-c2ccc(F)cc2)n1CCC(O)CC(O)CC(=O)O. The van der Waals surface area contributed by atoms with Crippen LogP contribution in [0.1, 0.15) is 72.4 Å². The molecule has 0 aliphatic heterocycles. The summed E-state index contributed by atoms with van der Waals surface area (Å²) < 4.78 is 20.7. The summed E-state index contributed by atoms with van der Waals surface area (Å²) in [6.07, 6.45) is -2.51. The number of anilines is 1. The Morgan fingerprint density at radius 2 is 1.37 bits per heavy atom. The number of hydrogen-bond donors (Lipinski definition) is 5. The van der Waals surface area contributed by atoms with Crippen LogP contribution in [0.25, 0.3) is 22.4 Å². The lowest BCUT2D eigenvalue weighted by Gasteiger charge is -2.20. The quantitative estimate of drug-likeness (QED) is 0.0567. The average Bonchev–Trinajstić information content (AvgIpc) is 3.47. The zero-order chi connectivity index (χ0) is 39.4. The molecule has 1 heterocycles. The lowest BCUT2D eigenvalue weighted by molar-refractivity contribution is -0.139. The second-order valence-electron chi connectivity index (χ2n) is 12.8. The van der Waals surface area contributed by atoms with Crippen molar-refractivity contribution in [1.29, 1.82) is 0 Å². The first-order valence-corrected chi connectivity index (χ1v) is 17.3. The molecule has 5 rings (SSSR count). The molecule has 12 heteroatoms. The first kappa shape index (κ1) is 40.7. The van der Waals surface area contributed by atoms with Crippen molar-refractivity contribution in [2.45, 2.75) is 64.7 Å². The van der Waals surface area contributed by atoms with Gasteiger partial charge in [-0.05, 0) is 78.4 Å². The first-order valence-electron chi connectivity index (χ1n) is 17.3. The summed E-state index contributed by atoms with van der Waals surface area (Å²) in [6, 6.07) is 30.8. The zero-order valence-electron chi connectivity index (χ0n) is 30.1. The van der Waals surface area contributed by atoms with Crippen LogP contribution in [0.15, 0.2) is 109 Å². The maximum atomic E-state index is 14.0. The van der Waals surface area contributed by atoms with Crippen LogP contribution in [0.5, 0.6) is 5.75 Å². The number of aliphatic carboxylic acids is 1. The highest BCUT2D eigenvalue weighted by Gasteiger charge is 2.31. The Morgan fingerprint density at radius 3 is 1.94 bits per heavy atom. The number of para-hydroxylation sites is 2. The van der Waals surface area contributed by atoms with Crippen molar-refractivity contribution >= 4 is 29.5 Å². The van der Waals surface area contributed by atoms with Gasteiger partial charge in [0.2, 0.25) is 0 Å². The molecule has 1 aromatic heterocycles. The van der Waals surface area contributed by atoms with E-state index < -0.39 is 36.5 Å². The Labute approximate surface area is 312 Å². The molecule has 0 fully saturated rings. The summed E-state index contributed by atoms with van der Waals surface area (Å²) in [6.45, 7) is 5.47. The Balaban J connectivity index is 0.000000422. The fourth-order valence-electron chi connectivity index (χ4n) is 6.09. The molecule has 0 saturated carbocycles. The van der Waals surface area contributed by atoms with Crippen molar-refractivity contribution in [3.63, 3.8) is 0 Å². The largest absolute Gasteiger partial charge is 0.481 e. The minimum Gasteiger partial charge on any atom is -0.481 e. The van der Waals surface area contributed by atoms with Crippen molar-refractivity contribution in [1.82, 2.24) is 4.57 Å². The summed E-state index contributed by atoms with van der Waals surface area (Å²) in [4.78, 5) is 46.2. The lowest BCUT2D eigenvalue weighted by atomic mass is 9.94. The summed E-state index contributed by atoms with van der Waals surface area (Å²) in [5.74, 6) is -3.51. The molecule has 5 aromatic rings. The molecular formula is C42H43FN2O9. The number of carbonyl (C=O) groups is 4. The first-order chi connectivity index (χ1) is 25.8. The monoisotopic (exact) mass is 738 g/mol. The summed E-state index contributed by atoms with van der Waals surface area (Å²) in [5.41, 5.74) is 4.76. The molecule has 0 saturated heterocycles. The molecule has 0 radical (unpaired) electrons. The number of aromatic carboxylic acids is 1. The predicted octanol–water partition coefficient (Wildman–Crippen LogP) is 7.62. The second kappa shape index (κ2) is 19.1. The van der Waals surface area contributed by atoms with Gasteiger partial charge in [-0.2, -0.15) is 0 Å². The molecule has 1 amide bonds. The van der Waals surface area contributed by atoms with E-state index in [0.29, 0.717) is 28.1 Å². The number of ether oxygens (including phenoxy) is 1. The van der Waals surface area contributed by atoms with Gasteiger partial charge in [-0.1, -0.05) is 74.5 Å². The number of aliphatic hydroxyl groups is 2. The van der Waals surface area contributed by atoms with Crippen LogP contribution in [0.4, 0.5) is 10.1 Å². The number of aliphatic hydroxyl groups excluding tert-OH is 2. The van der Waals surface area contributed by atoms with Gasteiger partial charge in [0, 0.05) is 30.4 Å².